The Balaban J connectivity index is 2.34. The van der Waals surface area contributed by atoms with Crippen molar-refractivity contribution in [3.63, 3.8) is 0 Å². The number of hydrogen-bond donors (Lipinski definition) is 2. The van der Waals surface area contributed by atoms with Crippen molar-refractivity contribution in [3.8, 4) is 0 Å². The highest BCUT2D eigenvalue weighted by molar-refractivity contribution is 4.84. The lowest BCUT2D eigenvalue weighted by atomic mass is 9.97. The molecule has 0 saturated heterocycles. The first-order valence-electron chi connectivity index (χ1n) is 6.98. The standard InChI is InChI=1S/C13H26N4O/c1-4-7-17-13(15-10-16-17)9-14-8-12(18)11(5-2)6-3/h10-12,14,18H,4-9H2,1-3H3. The van der Waals surface area contributed by atoms with Crippen molar-refractivity contribution in [1.82, 2.24) is 20.1 Å². The molecule has 2 N–H and O–H groups in total. The number of rotatable bonds is 9. The predicted octanol–water partition coefficient (Wildman–Crippen LogP) is 1.57. The van der Waals surface area contributed by atoms with E-state index >= 15 is 0 Å². The second-order valence-electron chi connectivity index (χ2n) is 4.67. The van der Waals surface area contributed by atoms with Crippen molar-refractivity contribution < 1.29 is 5.11 Å². The molecule has 0 aromatic carbocycles. The fourth-order valence-corrected chi connectivity index (χ4v) is 2.15. The third-order valence-electron chi connectivity index (χ3n) is 3.36. The Bertz CT molecular complexity index is 323. The molecule has 18 heavy (non-hydrogen) atoms. The van der Waals surface area contributed by atoms with E-state index in [1.807, 2.05) is 4.68 Å². The summed E-state index contributed by atoms with van der Waals surface area (Å²) < 4.78 is 1.91. The lowest BCUT2D eigenvalue weighted by molar-refractivity contribution is 0.101. The molecule has 0 fully saturated rings. The Morgan fingerprint density at radius 3 is 2.67 bits per heavy atom. The number of aliphatic hydroxyl groups is 1. The highest BCUT2D eigenvalue weighted by Gasteiger charge is 2.15. The van der Waals surface area contributed by atoms with Crippen LogP contribution in [0.2, 0.25) is 0 Å². The number of nitrogens with zero attached hydrogens (tertiary/aromatic N) is 3. The molecule has 1 atom stereocenters. The molecule has 0 aliphatic carbocycles. The van der Waals surface area contributed by atoms with Crippen LogP contribution in [-0.4, -0.2) is 32.5 Å². The topological polar surface area (TPSA) is 63.0 Å². The molecule has 1 rings (SSSR count). The van der Waals surface area contributed by atoms with Crippen LogP contribution in [0.4, 0.5) is 0 Å². The van der Waals surface area contributed by atoms with Crippen LogP contribution in [0.15, 0.2) is 6.33 Å². The average Bonchev–Trinajstić information content (AvgIpc) is 2.79. The number of aliphatic hydroxyl groups excluding tert-OH is 1. The van der Waals surface area contributed by atoms with E-state index in [4.69, 9.17) is 0 Å². The SMILES string of the molecule is CCCn1ncnc1CNCC(O)C(CC)CC. The van der Waals surface area contributed by atoms with E-state index in [1.165, 1.54) is 0 Å². The van der Waals surface area contributed by atoms with E-state index in [1.54, 1.807) is 6.33 Å². The van der Waals surface area contributed by atoms with Crippen LogP contribution in [0, 0.1) is 5.92 Å². The summed E-state index contributed by atoms with van der Waals surface area (Å²) in [7, 11) is 0. The summed E-state index contributed by atoms with van der Waals surface area (Å²) in [6.45, 7) is 8.54. The van der Waals surface area contributed by atoms with Gasteiger partial charge in [-0.3, -0.25) is 0 Å². The van der Waals surface area contributed by atoms with Gasteiger partial charge in [0.2, 0.25) is 0 Å². The summed E-state index contributed by atoms with van der Waals surface area (Å²) >= 11 is 0. The van der Waals surface area contributed by atoms with Crippen LogP contribution in [0.1, 0.15) is 45.9 Å². The zero-order valence-electron chi connectivity index (χ0n) is 11.8. The quantitative estimate of drug-likeness (QED) is 0.702. The molecule has 0 aliphatic heterocycles. The van der Waals surface area contributed by atoms with Crippen LogP contribution in [0.3, 0.4) is 0 Å². The van der Waals surface area contributed by atoms with Crippen LogP contribution in [0.5, 0.6) is 0 Å². The molecule has 1 heterocycles. The Kier molecular flexibility index (Phi) is 6.90. The first-order chi connectivity index (χ1) is 8.72. The molecule has 5 nitrogen and oxygen atoms in total. The molecule has 1 aromatic rings. The third-order valence-corrected chi connectivity index (χ3v) is 3.36. The van der Waals surface area contributed by atoms with Gasteiger partial charge in [0.25, 0.3) is 0 Å². The fraction of sp³-hybridized carbons (Fsp3) is 0.846. The lowest BCUT2D eigenvalue weighted by Gasteiger charge is -2.20. The Hall–Kier alpha value is -0.940. The molecule has 1 unspecified atom stereocenters. The first kappa shape index (κ1) is 15.1. The summed E-state index contributed by atoms with van der Waals surface area (Å²) in [6.07, 6.45) is 4.40. The minimum Gasteiger partial charge on any atom is -0.392 e. The summed E-state index contributed by atoms with van der Waals surface area (Å²) in [5, 5.41) is 17.4. The Labute approximate surface area is 110 Å². The van der Waals surface area contributed by atoms with Crippen molar-refractivity contribution in [1.29, 1.82) is 0 Å². The molecule has 0 saturated carbocycles. The van der Waals surface area contributed by atoms with Gasteiger partial charge in [-0.2, -0.15) is 5.10 Å². The first-order valence-corrected chi connectivity index (χ1v) is 6.98. The third kappa shape index (κ3) is 4.38. The second-order valence-corrected chi connectivity index (χ2v) is 4.67. The second kappa shape index (κ2) is 8.21. The van der Waals surface area contributed by atoms with E-state index in [0.29, 0.717) is 19.0 Å². The van der Waals surface area contributed by atoms with Gasteiger partial charge in [0.15, 0.2) is 0 Å². The van der Waals surface area contributed by atoms with E-state index in [-0.39, 0.29) is 6.10 Å². The maximum Gasteiger partial charge on any atom is 0.140 e. The monoisotopic (exact) mass is 254 g/mol. The number of nitrogens with one attached hydrogen (secondary N) is 1. The minimum atomic E-state index is -0.275. The molecule has 1 aromatic heterocycles. The van der Waals surface area contributed by atoms with Gasteiger partial charge in [-0.15, -0.1) is 0 Å². The van der Waals surface area contributed by atoms with Crippen molar-refractivity contribution in [2.45, 2.75) is 59.2 Å². The average molecular weight is 254 g/mol. The van der Waals surface area contributed by atoms with Crippen molar-refractivity contribution in [2.24, 2.45) is 5.92 Å². The minimum absolute atomic E-state index is 0.275. The molecule has 5 heteroatoms. The summed E-state index contributed by atoms with van der Waals surface area (Å²) in [6, 6.07) is 0. The summed E-state index contributed by atoms with van der Waals surface area (Å²) in [5.41, 5.74) is 0. The van der Waals surface area contributed by atoms with Crippen LogP contribution < -0.4 is 5.32 Å². The zero-order valence-corrected chi connectivity index (χ0v) is 11.8. The van der Waals surface area contributed by atoms with Crippen molar-refractivity contribution >= 4 is 0 Å². The zero-order chi connectivity index (χ0) is 13.4. The van der Waals surface area contributed by atoms with E-state index in [9.17, 15) is 5.11 Å². The summed E-state index contributed by atoms with van der Waals surface area (Å²) in [4.78, 5) is 4.22. The summed E-state index contributed by atoms with van der Waals surface area (Å²) in [5.74, 6) is 1.32. The van der Waals surface area contributed by atoms with Gasteiger partial charge in [0, 0.05) is 13.1 Å². The molecule has 0 spiro atoms. The number of aryl methyl sites for hydroxylation is 1. The van der Waals surface area contributed by atoms with Crippen molar-refractivity contribution in [2.75, 3.05) is 6.54 Å². The van der Waals surface area contributed by atoms with Gasteiger partial charge >= 0.3 is 0 Å². The van der Waals surface area contributed by atoms with E-state index < -0.39 is 0 Å². The Morgan fingerprint density at radius 1 is 1.33 bits per heavy atom. The van der Waals surface area contributed by atoms with Gasteiger partial charge in [0.1, 0.15) is 12.2 Å². The highest BCUT2D eigenvalue weighted by atomic mass is 16.3. The maximum absolute atomic E-state index is 10.0. The van der Waals surface area contributed by atoms with E-state index in [2.05, 4.69) is 36.2 Å². The largest absolute Gasteiger partial charge is 0.392 e. The molecule has 0 aliphatic rings. The normalized spacial score (nSPS) is 13.2. The molecule has 0 bridgehead atoms. The molecular formula is C13H26N4O. The Morgan fingerprint density at radius 2 is 2.06 bits per heavy atom. The van der Waals surface area contributed by atoms with E-state index in [0.717, 1.165) is 31.6 Å². The highest BCUT2D eigenvalue weighted by Crippen LogP contribution is 2.12. The van der Waals surface area contributed by atoms with Gasteiger partial charge in [-0.05, 0) is 12.3 Å². The van der Waals surface area contributed by atoms with Gasteiger partial charge in [-0.1, -0.05) is 33.6 Å². The molecule has 104 valence electrons. The molecule has 0 amide bonds. The smallest absolute Gasteiger partial charge is 0.140 e. The molecular weight excluding hydrogens is 228 g/mol. The lowest BCUT2D eigenvalue weighted by Crippen LogP contribution is -2.32. The van der Waals surface area contributed by atoms with Gasteiger partial charge < -0.3 is 10.4 Å². The molecule has 0 radical (unpaired) electrons. The van der Waals surface area contributed by atoms with Gasteiger partial charge in [-0.25, -0.2) is 9.67 Å². The predicted molar refractivity (Wildman–Crippen MR) is 72.1 cm³/mol. The van der Waals surface area contributed by atoms with Crippen LogP contribution >= 0.6 is 0 Å². The maximum atomic E-state index is 10.0. The van der Waals surface area contributed by atoms with Crippen LogP contribution in [0.25, 0.3) is 0 Å². The fourth-order valence-electron chi connectivity index (χ4n) is 2.15. The number of aromatic nitrogens is 3. The van der Waals surface area contributed by atoms with Gasteiger partial charge in [0.05, 0.1) is 12.6 Å². The van der Waals surface area contributed by atoms with Crippen LogP contribution in [-0.2, 0) is 13.1 Å². The van der Waals surface area contributed by atoms with Crippen molar-refractivity contribution in [3.05, 3.63) is 12.2 Å². The number of hydrogen-bond acceptors (Lipinski definition) is 4.